The van der Waals surface area contributed by atoms with Gasteiger partial charge in [-0.15, -0.1) is 0 Å². The standard InChI is InChI=1S/C22H25FN2O3/c23-20-6-2-3-17(14-20)7-8-22(27)24-21(16-26)19-5-1-4-18(13-19)15-25-9-11-28-12-10-25/h1-8,13-14,21,26H,9-12,15-16H2,(H,24,27)/b8-7+. The van der Waals surface area contributed by atoms with Crippen molar-refractivity contribution in [2.45, 2.75) is 12.6 Å². The van der Waals surface area contributed by atoms with Crippen molar-refractivity contribution in [1.29, 1.82) is 0 Å². The van der Waals surface area contributed by atoms with Crippen molar-refractivity contribution < 1.29 is 19.0 Å². The molecule has 1 unspecified atom stereocenters. The van der Waals surface area contributed by atoms with Crippen LogP contribution in [0.3, 0.4) is 0 Å². The second kappa shape index (κ2) is 10.1. The van der Waals surface area contributed by atoms with Crippen LogP contribution < -0.4 is 5.32 Å². The average Bonchev–Trinajstić information content (AvgIpc) is 2.71. The molecule has 0 aliphatic carbocycles. The summed E-state index contributed by atoms with van der Waals surface area (Å²) >= 11 is 0. The smallest absolute Gasteiger partial charge is 0.244 e. The van der Waals surface area contributed by atoms with Gasteiger partial charge in [0.05, 0.1) is 25.9 Å². The maximum atomic E-state index is 13.2. The minimum Gasteiger partial charge on any atom is -0.394 e. The third-order valence-electron chi connectivity index (χ3n) is 4.64. The first-order valence-corrected chi connectivity index (χ1v) is 9.38. The van der Waals surface area contributed by atoms with Gasteiger partial charge in [0.1, 0.15) is 5.82 Å². The summed E-state index contributed by atoms with van der Waals surface area (Å²) in [6, 6.07) is 13.4. The number of ether oxygens (including phenoxy) is 1. The highest BCUT2D eigenvalue weighted by Gasteiger charge is 2.15. The lowest BCUT2D eigenvalue weighted by Crippen LogP contribution is -2.35. The van der Waals surface area contributed by atoms with E-state index in [9.17, 15) is 14.3 Å². The summed E-state index contributed by atoms with van der Waals surface area (Å²) in [5.41, 5.74) is 2.58. The molecule has 2 N–H and O–H groups in total. The highest BCUT2D eigenvalue weighted by Crippen LogP contribution is 2.16. The summed E-state index contributed by atoms with van der Waals surface area (Å²) in [6.07, 6.45) is 2.89. The Morgan fingerprint density at radius 3 is 2.75 bits per heavy atom. The molecular weight excluding hydrogens is 359 g/mol. The number of halogens is 1. The van der Waals surface area contributed by atoms with Gasteiger partial charge in [0.25, 0.3) is 0 Å². The fourth-order valence-electron chi connectivity index (χ4n) is 3.16. The van der Waals surface area contributed by atoms with Crippen LogP contribution in [0.1, 0.15) is 22.7 Å². The van der Waals surface area contributed by atoms with Gasteiger partial charge in [-0.2, -0.15) is 0 Å². The number of hydrogen-bond acceptors (Lipinski definition) is 4. The molecule has 0 bridgehead atoms. The molecule has 1 atom stereocenters. The number of aliphatic hydroxyl groups is 1. The predicted octanol–water partition coefficient (Wildman–Crippen LogP) is 2.52. The van der Waals surface area contributed by atoms with E-state index >= 15 is 0 Å². The third kappa shape index (κ3) is 5.99. The monoisotopic (exact) mass is 384 g/mol. The van der Waals surface area contributed by atoms with Crippen LogP contribution in [-0.2, 0) is 16.1 Å². The van der Waals surface area contributed by atoms with Crippen LogP contribution in [0, 0.1) is 5.82 Å². The first-order chi connectivity index (χ1) is 13.6. The Labute approximate surface area is 164 Å². The van der Waals surface area contributed by atoms with Crippen LogP contribution in [0.25, 0.3) is 6.08 Å². The summed E-state index contributed by atoms with van der Waals surface area (Å²) in [5, 5.41) is 12.5. The largest absolute Gasteiger partial charge is 0.394 e. The fourth-order valence-corrected chi connectivity index (χ4v) is 3.16. The van der Waals surface area contributed by atoms with Gasteiger partial charge in [0.15, 0.2) is 0 Å². The van der Waals surface area contributed by atoms with Gasteiger partial charge in [-0.3, -0.25) is 9.69 Å². The lowest BCUT2D eigenvalue weighted by Gasteiger charge is -2.27. The predicted molar refractivity (Wildman–Crippen MR) is 106 cm³/mol. The minimum atomic E-state index is -0.505. The first kappa shape index (κ1) is 20.2. The molecule has 6 heteroatoms. The second-order valence-electron chi connectivity index (χ2n) is 6.77. The second-order valence-corrected chi connectivity index (χ2v) is 6.77. The number of benzene rings is 2. The highest BCUT2D eigenvalue weighted by atomic mass is 19.1. The summed E-state index contributed by atoms with van der Waals surface area (Å²) in [5.74, 6) is -0.699. The molecule has 148 valence electrons. The molecule has 2 aromatic carbocycles. The molecule has 1 saturated heterocycles. The molecule has 0 radical (unpaired) electrons. The topological polar surface area (TPSA) is 61.8 Å². The third-order valence-corrected chi connectivity index (χ3v) is 4.64. The van der Waals surface area contributed by atoms with Crippen molar-refractivity contribution in [3.05, 3.63) is 77.1 Å². The van der Waals surface area contributed by atoms with E-state index in [1.165, 1.54) is 18.2 Å². The molecule has 1 amide bonds. The maximum absolute atomic E-state index is 13.2. The molecule has 1 aliphatic rings. The van der Waals surface area contributed by atoms with Gasteiger partial charge in [-0.1, -0.05) is 36.4 Å². The Balaban J connectivity index is 1.62. The van der Waals surface area contributed by atoms with E-state index in [0.29, 0.717) is 5.56 Å². The molecule has 1 aliphatic heterocycles. The quantitative estimate of drug-likeness (QED) is 0.720. The molecule has 0 aromatic heterocycles. The number of carbonyl (C=O) groups excluding carboxylic acids is 1. The van der Waals surface area contributed by atoms with E-state index in [1.807, 2.05) is 24.3 Å². The van der Waals surface area contributed by atoms with Crippen LogP contribution in [0.2, 0.25) is 0 Å². The molecule has 0 saturated carbocycles. The van der Waals surface area contributed by atoms with Crippen molar-refractivity contribution in [2.24, 2.45) is 0 Å². The molecule has 1 heterocycles. The summed E-state index contributed by atoms with van der Waals surface area (Å²) in [6.45, 7) is 3.88. The Morgan fingerprint density at radius 2 is 2.00 bits per heavy atom. The van der Waals surface area contributed by atoms with Crippen LogP contribution in [-0.4, -0.2) is 48.8 Å². The zero-order valence-corrected chi connectivity index (χ0v) is 15.7. The molecule has 3 rings (SSSR count). The number of rotatable bonds is 7. The molecule has 5 nitrogen and oxygen atoms in total. The lowest BCUT2D eigenvalue weighted by atomic mass is 10.0. The number of amides is 1. The fraction of sp³-hybridized carbons (Fsp3) is 0.318. The SMILES string of the molecule is O=C(/C=C/c1cccc(F)c1)NC(CO)c1cccc(CN2CCOCC2)c1. The van der Waals surface area contributed by atoms with Crippen molar-refractivity contribution in [3.8, 4) is 0 Å². The normalized spacial score (nSPS) is 16.2. The Morgan fingerprint density at radius 1 is 1.21 bits per heavy atom. The van der Waals surface area contributed by atoms with Crippen molar-refractivity contribution in [2.75, 3.05) is 32.9 Å². The molecule has 2 aromatic rings. The summed E-state index contributed by atoms with van der Waals surface area (Å²) in [7, 11) is 0. The number of hydrogen-bond donors (Lipinski definition) is 2. The van der Waals surface area contributed by atoms with Gasteiger partial charge in [0.2, 0.25) is 5.91 Å². The zero-order chi connectivity index (χ0) is 19.8. The summed E-state index contributed by atoms with van der Waals surface area (Å²) < 4.78 is 18.6. The van der Waals surface area contributed by atoms with E-state index in [-0.39, 0.29) is 18.3 Å². The number of nitrogens with one attached hydrogen (secondary N) is 1. The molecule has 0 spiro atoms. The van der Waals surface area contributed by atoms with Gasteiger partial charge in [0, 0.05) is 25.7 Å². The average molecular weight is 384 g/mol. The number of morpholine rings is 1. The van der Waals surface area contributed by atoms with Gasteiger partial charge in [-0.25, -0.2) is 4.39 Å². The van der Waals surface area contributed by atoms with Crippen molar-refractivity contribution >= 4 is 12.0 Å². The lowest BCUT2D eigenvalue weighted by molar-refractivity contribution is -0.117. The van der Waals surface area contributed by atoms with E-state index in [4.69, 9.17) is 4.74 Å². The number of carbonyl (C=O) groups is 1. The molecule has 1 fully saturated rings. The molecule has 28 heavy (non-hydrogen) atoms. The van der Waals surface area contributed by atoms with Crippen LogP contribution in [0.15, 0.2) is 54.6 Å². The van der Waals surface area contributed by atoms with Crippen molar-refractivity contribution in [1.82, 2.24) is 10.2 Å². The van der Waals surface area contributed by atoms with E-state index in [1.54, 1.807) is 18.2 Å². The Hall–Kier alpha value is -2.54. The van der Waals surface area contributed by atoms with Crippen molar-refractivity contribution in [3.63, 3.8) is 0 Å². The van der Waals surface area contributed by atoms with Gasteiger partial charge >= 0.3 is 0 Å². The van der Waals surface area contributed by atoms with Crippen LogP contribution in [0.5, 0.6) is 0 Å². The zero-order valence-electron chi connectivity index (χ0n) is 15.7. The summed E-state index contributed by atoms with van der Waals surface area (Å²) in [4.78, 5) is 14.5. The van der Waals surface area contributed by atoms with Crippen LogP contribution >= 0.6 is 0 Å². The number of nitrogens with zero attached hydrogens (tertiary/aromatic N) is 1. The highest BCUT2D eigenvalue weighted by molar-refractivity contribution is 5.92. The van der Waals surface area contributed by atoms with E-state index in [2.05, 4.69) is 10.2 Å². The number of aliphatic hydroxyl groups excluding tert-OH is 1. The van der Waals surface area contributed by atoms with Gasteiger partial charge in [-0.05, 0) is 34.9 Å². The minimum absolute atomic E-state index is 0.208. The van der Waals surface area contributed by atoms with Crippen LogP contribution in [0.4, 0.5) is 4.39 Å². The Bertz CT molecular complexity index is 819. The Kier molecular flexibility index (Phi) is 7.31. The maximum Gasteiger partial charge on any atom is 0.244 e. The van der Waals surface area contributed by atoms with Gasteiger partial charge < -0.3 is 15.2 Å². The van der Waals surface area contributed by atoms with E-state index < -0.39 is 6.04 Å². The van der Waals surface area contributed by atoms with E-state index in [0.717, 1.165) is 44.0 Å². The molecular formula is C22H25FN2O3. The first-order valence-electron chi connectivity index (χ1n) is 9.38.